The fourth-order valence-electron chi connectivity index (χ4n) is 4.11. The molecule has 39 heavy (non-hydrogen) atoms. The molecule has 4 rings (SSSR count). The van der Waals surface area contributed by atoms with E-state index in [4.69, 9.17) is 13.7 Å². The van der Waals surface area contributed by atoms with Crippen LogP contribution in [0.25, 0.3) is 22.3 Å². The summed E-state index contributed by atoms with van der Waals surface area (Å²) >= 11 is 0. The molecule has 0 heterocycles. The van der Waals surface area contributed by atoms with Gasteiger partial charge >= 0.3 is 10.1 Å². The Kier molecular flexibility index (Phi) is 7.80. The van der Waals surface area contributed by atoms with E-state index in [1.165, 1.54) is 0 Å². The summed E-state index contributed by atoms with van der Waals surface area (Å²) in [4.78, 5) is 0.0991. The maximum absolute atomic E-state index is 13.3. The second kappa shape index (κ2) is 10.8. The number of rotatable bonds is 7. The highest BCUT2D eigenvalue weighted by Gasteiger charge is 2.22. The van der Waals surface area contributed by atoms with Gasteiger partial charge in [-0.15, -0.1) is 0 Å². The molecule has 0 atom stereocenters. The molecule has 6 heteroatoms. The summed E-state index contributed by atoms with van der Waals surface area (Å²) in [6.07, 6.45) is 0. The Bertz CT molecular complexity index is 1520. The van der Waals surface area contributed by atoms with Gasteiger partial charge in [0.25, 0.3) is 0 Å². The van der Waals surface area contributed by atoms with Gasteiger partial charge in [0, 0.05) is 5.56 Å². The van der Waals surface area contributed by atoms with Crippen LogP contribution in [0.5, 0.6) is 17.2 Å². The van der Waals surface area contributed by atoms with Crippen molar-refractivity contribution in [2.45, 2.75) is 64.6 Å². The molecule has 204 valence electrons. The van der Waals surface area contributed by atoms with E-state index in [0.29, 0.717) is 5.56 Å². The van der Waals surface area contributed by atoms with Crippen LogP contribution in [0.1, 0.15) is 47.1 Å². The van der Waals surface area contributed by atoms with Crippen molar-refractivity contribution >= 4 is 10.1 Å². The third-order valence-corrected chi connectivity index (χ3v) is 6.94. The van der Waals surface area contributed by atoms with Crippen LogP contribution in [0.4, 0.5) is 0 Å². The monoisotopic (exact) mass is 544 g/mol. The third-order valence-electron chi connectivity index (χ3n) is 5.69. The summed E-state index contributed by atoms with van der Waals surface area (Å²) in [7, 11) is -4.06. The molecular weight excluding hydrogens is 508 g/mol. The van der Waals surface area contributed by atoms with Crippen molar-refractivity contribution in [3.05, 3.63) is 96.6 Å². The molecule has 0 aliphatic carbocycles. The fourth-order valence-corrected chi connectivity index (χ4v) is 5.05. The zero-order chi connectivity index (χ0) is 28.4. The van der Waals surface area contributed by atoms with Crippen molar-refractivity contribution in [1.82, 2.24) is 0 Å². The molecule has 0 N–H and O–H groups in total. The summed E-state index contributed by atoms with van der Waals surface area (Å²) in [5.74, 6) is 1.72. The lowest BCUT2D eigenvalue weighted by Crippen LogP contribution is -2.22. The van der Waals surface area contributed by atoms with E-state index in [2.05, 4.69) is 0 Å². The first-order chi connectivity index (χ1) is 18.2. The van der Waals surface area contributed by atoms with Crippen molar-refractivity contribution in [2.24, 2.45) is 0 Å². The first kappa shape index (κ1) is 28.2. The highest BCUT2D eigenvalue weighted by Crippen LogP contribution is 2.41. The summed E-state index contributed by atoms with van der Waals surface area (Å²) in [5, 5.41) is 0. The van der Waals surface area contributed by atoms with E-state index >= 15 is 0 Å². The minimum atomic E-state index is -4.06. The summed E-state index contributed by atoms with van der Waals surface area (Å²) in [5.41, 5.74) is 3.51. The lowest BCUT2D eigenvalue weighted by atomic mass is 9.93. The third kappa shape index (κ3) is 7.42. The van der Waals surface area contributed by atoms with Crippen molar-refractivity contribution < 1.29 is 22.1 Å². The molecule has 4 aromatic rings. The predicted octanol–water partition coefficient (Wildman–Crippen LogP) is 8.45. The van der Waals surface area contributed by atoms with E-state index in [9.17, 15) is 8.42 Å². The number of benzene rings is 4. The number of aryl methyl sites for hydroxylation is 1. The molecule has 0 aliphatic heterocycles. The van der Waals surface area contributed by atoms with Gasteiger partial charge in [-0.1, -0.05) is 54.1 Å². The summed E-state index contributed by atoms with van der Waals surface area (Å²) in [6.45, 7) is 13.9. The van der Waals surface area contributed by atoms with Crippen LogP contribution in [-0.2, 0) is 10.1 Å². The minimum absolute atomic E-state index is 0.0991. The van der Waals surface area contributed by atoms with E-state index in [-0.39, 0.29) is 21.8 Å². The Morgan fingerprint density at radius 1 is 0.590 bits per heavy atom. The highest BCUT2D eigenvalue weighted by atomic mass is 32.2. The molecule has 0 spiro atoms. The van der Waals surface area contributed by atoms with Gasteiger partial charge in [-0.3, -0.25) is 0 Å². The van der Waals surface area contributed by atoms with Crippen molar-refractivity contribution in [3.63, 3.8) is 0 Å². The Hall–Kier alpha value is -3.77. The Morgan fingerprint density at radius 2 is 1.08 bits per heavy atom. The molecule has 0 bridgehead atoms. The molecule has 0 fully saturated rings. The van der Waals surface area contributed by atoms with E-state index < -0.39 is 10.1 Å². The van der Waals surface area contributed by atoms with Crippen LogP contribution >= 0.6 is 0 Å². The maximum Gasteiger partial charge on any atom is 0.339 e. The van der Waals surface area contributed by atoms with Crippen LogP contribution in [-0.4, -0.2) is 19.6 Å². The second-order valence-electron chi connectivity index (χ2n) is 11.5. The van der Waals surface area contributed by atoms with Gasteiger partial charge in [0.05, 0.1) is 0 Å². The van der Waals surface area contributed by atoms with Gasteiger partial charge in [-0.2, -0.15) is 8.42 Å². The minimum Gasteiger partial charge on any atom is -0.488 e. The smallest absolute Gasteiger partial charge is 0.339 e. The Morgan fingerprint density at radius 3 is 1.56 bits per heavy atom. The van der Waals surface area contributed by atoms with Crippen LogP contribution in [0, 0.1) is 6.92 Å². The van der Waals surface area contributed by atoms with E-state index in [0.717, 1.165) is 33.8 Å². The molecule has 0 saturated heterocycles. The zero-order valence-corrected chi connectivity index (χ0v) is 24.4. The van der Waals surface area contributed by atoms with Crippen LogP contribution in [0.3, 0.4) is 0 Å². The fraction of sp³-hybridized carbons (Fsp3) is 0.273. The van der Waals surface area contributed by atoms with Crippen molar-refractivity contribution in [1.29, 1.82) is 0 Å². The van der Waals surface area contributed by atoms with Gasteiger partial charge in [0.2, 0.25) is 0 Å². The molecule has 5 nitrogen and oxygen atoms in total. The summed E-state index contributed by atoms with van der Waals surface area (Å²) < 4.78 is 44.3. The molecule has 0 radical (unpaired) electrons. The van der Waals surface area contributed by atoms with Gasteiger partial charge < -0.3 is 13.7 Å². The lowest BCUT2D eigenvalue weighted by Gasteiger charge is -2.22. The topological polar surface area (TPSA) is 61.8 Å². The first-order valence-electron chi connectivity index (χ1n) is 12.9. The van der Waals surface area contributed by atoms with E-state index in [1.54, 1.807) is 36.4 Å². The van der Waals surface area contributed by atoms with Gasteiger partial charge in [-0.05, 0) is 108 Å². The average Bonchev–Trinajstić information content (AvgIpc) is 2.83. The van der Waals surface area contributed by atoms with Gasteiger partial charge in [0.1, 0.15) is 27.6 Å². The van der Waals surface area contributed by atoms with Crippen molar-refractivity contribution in [3.8, 4) is 39.5 Å². The highest BCUT2D eigenvalue weighted by molar-refractivity contribution is 7.87. The second-order valence-corrected chi connectivity index (χ2v) is 13.1. The number of hydrogen-bond donors (Lipinski definition) is 0. The Balaban J connectivity index is 1.81. The van der Waals surface area contributed by atoms with Gasteiger partial charge in [0.15, 0.2) is 5.75 Å². The summed E-state index contributed by atoms with van der Waals surface area (Å²) in [6, 6.07) is 27.4. The lowest BCUT2D eigenvalue weighted by molar-refractivity contribution is 0.130. The average molecular weight is 545 g/mol. The quantitative estimate of drug-likeness (QED) is 0.218. The van der Waals surface area contributed by atoms with E-state index in [1.807, 2.05) is 103 Å². The normalized spacial score (nSPS) is 12.2. The molecule has 0 unspecified atom stereocenters. The molecular formula is C33H36O5S. The SMILES string of the molecule is Cc1ccc(S(=O)(=O)Oc2cccc(-c3ccc(OC(C)(C)C)cc3)c2-c2ccc(OC(C)(C)C)cc2)cc1. The van der Waals surface area contributed by atoms with Crippen molar-refractivity contribution in [2.75, 3.05) is 0 Å². The van der Waals surface area contributed by atoms with Crippen LogP contribution < -0.4 is 13.7 Å². The molecule has 0 aliphatic rings. The van der Waals surface area contributed by atoms with Crippen LogP contribution in [0.15, 0.2) is 95.9 Å². The molecule has 0 saturated carbocycles. The number of hydrogen-bond acceptors (Lipinski definition) is 5. The Labute approximate surface area is 232 Å². The first-order valence-corrected chi connectivity index (χ1v) is 14.3. The number of ether oxygens (including phenoxy) is 2. The largest absolute Gasteiger partial charge is 0.488 e. The standard InChI is InChI=1S/C33H36O5S/c1-23-11-21-28(22-12-23)39(34,35)38-30-10-8-9-29(24-13-17-26(18-14-24)36-32(2,3)4)31(30)25-15-19-27(20-16-25)37-33(5,6)7/h8-22H,1-7H3. The zero-order valence-electron chi connectivity index (χ0n) is 23.6. The molecule has 0 aromatic heterocycles. The molecule has 0 amide bonds. The predicted molar refractivity (Wildman–Crippen MR) is 157 cm³/mol. The molecule has 4 aromatic carbocycles. The maximum atomic E-state index is 13.3. The van der Waals surface area contributed by atoms with Crippen LogP contribution in [0.2, 0.25) is 0 Å². The van der Waals surface area contributed by atoms with Gasteiger partial charge in [-0.25, -0.2) is 0 Å².